The number of fused-ring (bicyclic) bond motifs is 3. The minimum absolute atomic E-state index is 0.539. The summed E-state index contributed by atoms with van der Waals surface area (Å²) in [5, 5.41) is 51.7. The third-order valence-electron chi connectivity index (χ3n) is 11.5. The van der Waals surface area contributed by atoms with Gasteiger partial charge in [0.25, 0.3) is 0 Å². The fraction of sp³-hybridized carbons (Fsp3) is 0.512. The number of hydrogen-bond acceptors (Lipinski definition) is 19. The lowest BCUT2D eigenvalue weighted by Crippen LogP contribution is -2.62. The van der Waals surface area contributed by atoms with Gasteiger partial charge in [-0.25, -0.2) is 9.59 Å². The van der Waals surface area contributed by atoms with Gasteiger partial charge in [0.2, 0.25) is 6.29 Å². The number of rotatable bonds is 15. The van der Waals surface area contributed by atoms with Crippen LogP contribution in [0.4, 0.5) is 0 Å². The predicted molar refractivity (Wildman–Crippen MR) is 209 cm³/mol. The number of esters is 3. The fourth-order valence-electron chi connectivity index (χ4n) is 8.27. The Balaban J connectivity index is 1.14. The maximum atomic E-state index is 13.5. The molecule has 4 heterocycles. The fourth-order valence-corrected chi connectivity index (χ4v) is 8.27. The average Bonchev–Trinajstić information content (AvgIpc) is 3.95. The van der Waals surface area contributed by atoms with Crippen LogP contribution in [0.3, 0.4) is 0 Å². The van der Waals surface area contributed by atoms with E-state index in [1.54, 1.807) is 61.5 Å². The van der Waals surface area contributed by atoms with Crippen LogP contribution in [0.5, 0.6) is 11.5 Å². The highest BCUT2D eigenvalue weighted by molar-refractivity contribution is 5.88. The maximum absolute atomic E-state index is 13.5. The number of carbonyl (C=O) groups excluding carboxylic acids is 3. The van der Waals surface area contributed by atoms with Crippen molar-refractivity contribution in [2.75, 3.05) is 27.4 Å². The van der Waals surface area contributed by atoms with Gasteiger partial charge in [0, 0.05) is 25.0 Å². The van der Waals surface area contributed by atoms with E-state index in [0.717, 1.165) is 13.0 Å². The Morgan fingerprint density at radius 3 is 1.85 bits per heavy atom. The summed E-state index contributed by atoms with van der Waals surface area (Å²) < 4.78 is 64.2. The molecule has 19 nitrogen and oxygen atoms in total. The topological polar surface area (TPSA) is 257 Å². The highest BCUT2D eigenvalue weighted by Crippen LogP contribution is 2.61. The average molecular weight is 871 g/mol. The molecule has 5 N–H and O–H groups in total. The standard InChI is InChI=1S/C43H50O19/c1-21-35(58-29(47)15-9-23-5-11-25(52-3)12-6-23)37(59-30(48)16-10-24-7-13-26(53-4)14-8-24)38(56-22(2)46)42(55-21)60-36-27-17-18-54-40(31(27)43(20-45)39(36)62-43)61-41-34(51)33(50)32(49)28(19-44)57-41/h5-18,21,27-28,31-42,44-45,49-51H,19-20H2,1-4H3. The molecule has 62 heavy (non-hydrogen) atoms. The summed E-state index contributed by atoms with van der Waals surface area (Å²) in [5.41, 5.74) is -0.0196. The van der Waals surface area contributed by atoms with Crippen molar-refractivity contribution in [1.82, 2.24) is 0 Å². The first-order valence-corrected chi connectivity index (χ1v) is 19.9. The molecule has 16 unspecified atom stereocenters. The number of ether oxygens (including phenoxy) is 11. The van der Waals surface area contributed by atoms with E-state index in [9.17, 15) is 39.9 Å². The van der Waals surface area contributed by atoms with Crippen molar-refractivity contribution in [3.63, 3.8) is 0 Å². The zero-order valence-electron chi connectivity index (χ0n) is 34.1. The van der Waals surface area contributed by atoms with E-state index in [2.05, 4.69) is 0 Å². The summed E-state index contributed by atoms with van der Waals surface area (Å²) in [6, 6.07) is 13.7. The van der Waals surface area contributed by atoms with Crippen LogP contribution >= 0.6 is 0 Å². The van der Waals surface area contributed by atoms with E-state index in [1.165, 1.54) is 38.7 Å². The highest BCUT2D eigenvalue weighted by Gasteiger charge is 2.77. The maximum Gasteiger partial charge on any atom is 0.331 e. The molecule has 2 aromatic rings. The summed E-state index contributed by atoms with van der Waals surface area (Å²) in [6.45, 7) is 1.46. The van der Waals surface area contributed by atoms with E-state index in [-0.39, 0.29) is 0 Å². The number of benzene rings is 2. The van der Waals surface area contributed by atoms with E-state index < -0.39 is 128 Å². The summed E-state index contributed by atoms with van der Waals surface area (Å²) >= 11 is 0. The molecule has 1 aliphatic carbocycles. The number of aliphatic hydroxyl groups is 5. The summed E-state index contributed by atoms with van der Waals surface area (Å²) in [5.74, 6) is -2.78. The molecule has 19 heteroatoms. The van der Waals surface area contributed by atoms with Gasteiger partial charge < -0.3 is 77.6 Å². The van der Waals surface area contributed by atoms with Gasteiger partial charge in [-0.15, -0.1) is 0 Å². The number of carbonyl (C=O) groups is 3. The van der Waals surface area contributed by atoms with Crippen LogP contribution in [0, 0.1) is 11.8 Å². The molecule has 0 radical (unpaired) electrons. The van der Waals surface area contributed by atoms with Crippen LogP contribution in [0.2, 0.25) is 0 Å². The summed E-state index contributed by atoms with van der Waals surface area (Å²) in [7, 11) is 3.05. The Morgan fingerprint density at radius 2 is 1.31 bits per heavy atom. The Morgan fingerprint density at radius 1 is 0.710 bits per heavy atom. The van der Waals surface area contributed by atoms with Gasteiger partial charge >= 0.3 is 17.9 Å². The number of methoxy groups -OCH3 is 2. The Kier molecular flexibility index (Phi) is 14.0. The second kappa shape index (κ2) is 19.2. The molecule has 16 atom stereocenters. The zero-order chi connectivity index (χ0) is 44.3. The first-order valence-electron chi connectivity index (χ1n) is 19.9. The molecule has 4 fully saturated rings. The van der Waals surface area contributed by atoms with Gasteiger partial charge in [-0.2, -0.15) is 0 Å². The van der Waals surface area contributed by atoms with E-state index in [1.807, 2.05) is 0 Å². The quantitative estimate of drug-likeness (QED) is 0.0702. The van der Waals surface area contributed by atoms with Crippen LogP contribution in [0.1, 0.15) is 25.0 Å². The van der Waals surface area contributed by atoms with Gasteiger partial charge in [-0.3, -0.25) is 4.79 Å². The van der Waals surface area contributed by atoms with Gasteiger partial charge in [-0.1, -0.05) is 24.3 Å². The molecule has 0 amide bonds. The second-order valence-corrected chi connectivity index (χ2v) is 15.3. The molecule has 3 saturated heterocycles. The van der Waals surface area contributed by atoms with Crippen molar-refractivity contribution < 1.29 is 92.0 Å². The number of aliphatic hydroxyl groups excluding tert-OH is 5. The number of hydrogen-bond donors (Lipinski definition) is 5. The molecular formula is C43H50O19. The van der Waals surface area contributed by atoms with Crippen LogP contribution in [-0.2, 0) is 57.0 Å². The molecule has 0 aromatic heterocycles. The van der Waals surface area contributed by atoms with Gasteiger partial charge in [0.15, 0.2) is 30.9 Å². The summed E-state index contributed by atoms with van der Waals surface area (Å²) in [6.07, 6.45) is -9.60. The minimum atomic E-state index is -1.75. The second-order valence-electron chi connectivity index (χ2n) is 15.3. The van der Waals surface area contributed by atoms with Crippen molar-refractivity contribution >= 4 is 30.1 Å². The van der Waals surface area contributed by atoms with Crippen molar-refractivity contribution in [2.24, 2.45) is 11.8 Å². The van der Waals surface area contributed by atoms with E-state index in [4.69, 9.17) is 52.1 Å². The normalized spacial score (nSPS) is 37.2. The monoisotopic (exact) mass is 870 g/mol. The van der Waals surface area contributed by atoms with Crippen LogP contribution in [-0.4, -0.2) is 156 Å². The largest absolute Gasteiger partial charge is 0.497 e. The molecule has 1 saturated carbocycles. The van der Waals surface area contributed by atoms with Gasteiger partial charge in [-0.05, 0) is 60.5 Å². The molecule has 0 bridgehead atoms. The highest BCUT2D eigenvalue weighted by atomic mass is 16.8. The molecular weight excluding hydrogens is 820 g/mol. The molecule has 336 valence electrons. The summed E-state index contributed by atoms with van der Waals surface area (Å²) in [4.78, 5) is 39.6. The predicted octanol–water partition coefficient (Wildman–Crippen LogP) is 0.378. The zero-order valence-corrected chi connectivity index (χ0v) is 34.1. The third-order valence-corrected chi connectivity index (χ3v) is 11.5. The minimum Gasteiger partial charge on any atom is -0.497 e. The van der Waals surface area contributed by atoms with Crippen molar-refractivity contribution in [3.05, 3.63) is 84.1 Å². The molecule has 5 aliphatic rings. The Labute approximate surface area is 355 Å². The Hall–Kier alpha value is -4.93. The van der Waals surface area contributed by atoms with E-state index >= 15 is 0 Å². The molecule has 7 rings (SSSR count). The first-order chi connectivity index (χ1) is 29.8. The third kappa shape index (κ3) is 9.37. The molecule has 2 aromatic carbocycles. The molecule has 0 spiro atoms. The van der Waals surface area contributed by atoms with Crippen LogP contribution in [0.25, 0.3) is 12.2 Å². The lowest BCUT2D eigenvalue weighted by atomic mass is 9.85. The van der Waals surface area contributed by atoms with Crippen LogP contribution in [0.15, 0.2) is 73.0 Å². The molecule has 4 aliphatic heterocycles. The van der Waals surface area contributed by atoms with Gasteiger partial charge in [0.1, 0.15) is 47.6 Å². The smallest absolute Gasteiger partial charge is 0.331 e. The lowest BCUT2D eigenvalue weighted by molar-refractivity contribution is -0.347. The van der Waals surface area contributed by atoms with Gasteiger partial charge in [0.05, 0.1) is 51.8 Å². The lowest BCUT2D eigenvalue weighted by Gasteiger charge is -2.45. The first kappa shape index (κ1) is 45.1. The van der Waals surface area contributed by atoms with Crippen LogP contribution < -0.4 is 9.47 Å². The van der Waals surface area contributed by atoms with Crippen molar-refractivity contribution in [2.45, 2.75) is 99.4 Å². The SMILES string of the molecule is COc1ccc(C=CC(=O)OC2C(C)OC(OC3C4C=COC(OC5OC(CO)C(O)C(O)C5O)C4C4(CO)OC34)C(OC(C)=O)C2OC(=O)C=Cc2ccc(OC)cc2)cc1. The van der Waals surface area contributed by atoms with Crippen molar-refractivity contribution in [1.29, 1.82) is 0 Å². The Bertz CT molecular complexity index is 1970. The van der Waals surface area contributed by atoms with E-state index in [0.29, 0.717) is 22.6 Å². The number of epoxide rings is 1. The van der Waals surface area contributed by atoms with Crippen molar-refractivity contribution in [3.8, 4) is 11.5 Å².